The molecule has 2 unspecified atom stereocenters. The van der Waals surface area contributed by atoms with Gasteiger partial charge in [0.05, 0.1) is 0 Å². The zero-order valence-electron chi connectivity index (χ0n) is 28.0. The minimum atomic E-state index is -2.83. The molecule has 234 valence electrons. The van der Waals surface area contributed by atoms with Gasteiger partial charge in [0.15, 0.2) is 23.3 Å². The van der Waals surface area contributed by atoms with E-state index in [4.69, 9.17) is 6.42 Å². The molecule has 0 spiro atoms. The van der Waals surface area contributed by atoms with E-state index in [1.54, 1.807) is 0 Å². The van der Waals surface area contributed by atoms with Crippen LogP contribution in [0, 0.1) is 23.4 Å². The Morgan fingerprint density at radius 1 is 0.469 bits per heavy atom. The summed E-state index contributed by atoms with van der Waals surface area (Å²) >= 11 is 0. The molecule has 7 rings (SSSR count). The first-order valence-electron chi connectivity index (χ1n) is 16.8. The van der Waals surface area contributed by atoms with E-state index in [0.717, 1.165) is 0 Å². The highest BCUT2D eigenvalue weighted by Gasteiger charge is 2.51. The number of terminal acetylenes is 1. The van der Waals surface area contributed by atoms with Gasteiger partial charge in [0, 0.05) is 5.20 Å². The van der Waals surface area contributed by atoms with E-state index in [1.807, 2.05) is 0 Å². The van der Waals surface area contributed by atoms with Crippen LogP contribution in [0.25, 0.3) is 11.1 Å². The maximum absolute atomic E-state index is 6.66. The Hall–Kier alpha value is -5.43. The van der Waals surface area contributed by atoms with Gasteiger partial charge >= 0.3 is 0 Å². The molecule has 6 aromatic rings. The number of rotatable bonds is 7. The molecule has 0 nitrogen and oxygen atoms in total. The number of hydrogen-bond donors (Lipinski definition) is 0. The van der Waals surface area contributed by atoms with Crippen LogP contribution < -0.4 is 20.7 Å². The first kappa shape index (κ1) is 32.1. The molecule has 1 aliphatic rings. The zero-order chi connectivity index (χ0) is 33.7. The van der Waals surface area contributed by atoms with E-state index in [9.17, 15) is 0 Å². The van der Waals surface area contributed by atoms with Crippen molar-refractivity contribution in [3.05, 3.63) is 204 Å². The maximum Gasteiger partial charge on any atom is 0.183 e. The lowest BCUT2D eigenvalue weighted by atomic mass is 9.93. The van der Waals surface area contributed by atoms with E-state index < -0.39 is 23.3 Å². The smallest absolute Gasteiger partial charge is 0.131 e. The van der Waals surface area contributed by atoms with Gasteiger partial charge in [-0.15, -0.1) is 17.5 Å². The second-order valence-electron chi connectivity index (χ2n) is 13.0. The average Bonchev–Trinajstić information content (AvgIpc) is 3.54. The van der Waals surface area contributed by atoms with Crippen molar-refractivity contribution in [3.63, 3.8) is 0 Å². The summed E-state index contributed by atoms with van der Waals surface area (Å²) in [6.45, 7) is 4.79. The molecular weight excluding hydrogens is 637 g/mol. The van der Waals surface area contributed by atoms with E-state index >= 15 is 0 Å². The van der Waals surface area contributed by atoms with Gasteiger partial charge in [-0.25, -0.2) is 0 Å². The highest BCUT2D eigenvalue weighted by Crippen LogP contribution is 2.44. The fourth-order valence-electron chi connectivity index (χ4n) is 7.36. The summed E-state index contributed by atoms with van der Waals surface area (Å²) in [5.74, 6) is 4.11. The number of hydrogen-bond acceptors (Lipinski definition) is 0. The second kappa shape index (κ2) is 13.6. The molecule has 3 heteroatoms. The Labute approximate surface area is 294 Å². The quantitative estimate of drug-likeness (QED) is 0.121. The molecule has 2 atom stereocenters. The molecule has 0 aromatic heterocycles. The maximum atomic E-state index is 6.66. The predicted molar refractivity (Wildman–Crippen MR) is 218 cm³/mol. The molecule has 49 heavy (non-hydrogen) atoms. The van der Waals surface area contributed by atoms with Crippen molar-refractivity contribution < 1.29 is 0 Å². The first-order chi connectivity index (χ1) is 24.0. The third-order valence-corrected chi connectivity index (χ3v) is 29.4. The number of allylic oxidation sites excluding steroid dienone is 3. The van der Waals surface area contributed by atoms with Crippen LogP contribution in [0.4, 0.5) is 0 Å². The van der Waals surface area contributed by atoms with Crippen molar-refractivity contribution in [2.24, 2.45) is 0 Å². The van der Waals surface area contributed by atoms with Gasteiger partial charge in [0.25, 0.3) is 0 Å². The highest BCUT2D eigenvalue weighted by molar-refractivity contribution is 7.56. The van der Waals surface area contributed by atoms with Crippen molar-refractivity contribution in [2.45, 2.75) is 13.1 Å². The second-order valence-corrected chi connectivity index (χ2v) is 28.7. The van der Waals surface area contributed by atoms with Gasteiger partial charge in [-0.3, -0.25) is 0 Å². The minimum Gasteiger partial charge on any atom is -0.131 e. The summed E-state index contributed by atoms with van der Waals surface area (Å²) in [6, 6.07) is 65.6. The normalized spacial score (nSPS) is 15.9. The van der Waals surface area contributed by atoms with Gasteiger partial charge in [0.1, 0.15) is 0 Å². The third kappa shape index (κ3) is 5.63. The van der Waals surface area contributed by atoms with Crippen LogP contribution in [0.5, 0.6) is 0 Å². The molecule has 6 aromatic carbocycles. The summed E-state index contributed by atoms with van der Waals surface area (Å²) in [4.78, 5) is 0. The molecule has 0 aliphatic carbocycles. The predicted octanol–water partition coefficient (Wildman–Crippen LogP) is 7.64. The minimum absolute atomic E-state index is 1.19. The Morgan fingerprint density at radius 2 is 0.857 bits per heavy atom. The van der Waals surface area contributed by atoms with Gasteiger partial charge in [-0.05, 0) is 43.0 Å². The van der Waals surface area contributed by atoms with Gasteiger partial charge in [-0.1, -0.05) is 207 Å². The van der Waals surface area contributed by atoms with Crippen LogP contribution in [-0.4, -0.2) is 23.3 Å². The van der Waals surface area contributed by atoms with Crippen molar-refractivity contribution >= 4 is 55.1 Å². The standard InChI is InChI=1S/C46H38Si3/c1-4-47(2,40-27-15-7-16-28-40)48(3,41-29-17-8-18-30-41)36-35-45-46(39-25-13-6-14-26-39)44(38-23-11-5-12-24-38)37-49(45,42-31-19-9-20-32-42)43-33-21-10-22-34-43/h1,5-34,37H,2-3H3. The Balaban J connectivity index is 1.62. The van der Waals surface area contributed by atoms with Gasteiger partial charge in [0.2, 0.25) is 0 Å². The molecule has 0 N–H and O–H groups in total. The summed E-state index contributed by atoms with van der Waals surface area (Å²) in [5, 5.41) is 6.44. The van der Waals surface area contributed by atoms with E-state index in [2.05, 4.69) is 218 Å². The molecule has 1 heterocycles. The number of benzene rings is 6. The van der Waals surface area contributed by atoms with E-state index in [0.29, 0.717) is 0 Å². The van der Waals surface area contributed by atoms with Crippen molar-refractivity contribution in [3.8, 4) is 23.4 Å². The lowest BCUT2D eigenvalue weighted by Gasteiger charge is -2.36. The Bertz CT molecular complexity index is 2190. The zero-order valence-corrected chi connectivity index (χ0v) is 31.0. The fraction of sp³-hybridized carbons (Fsp3) is 0.0435. The monoisotopic (exact) mass is 674 g/mol. The molecule has 0 radical (unpaired) electrons. The summed E-state index contributed by atoms with van der Waals surface area (Å²) in [6.07, 6.45) is 6.66. The topological polar surface area (TPSA) is 0 Å². The van der Waals surface area contributed by atoms with Gasteiger partial charge < -0.3 is 0 Å². The molecule has 0 saturated heterocycles. The summed E-state index contributed by atoms with van der Waals surface area (Å²) in [7, 11) is -8.09. The lowest BCUT2D eigenvalue weighted by molar-refractivity contribution is 1.59. The van der Waals surface area contributed by atoms with Crippen molar-refractivity contribution in [2.75, 3.05) is 0 Å². The third-order valence-electron chi connectivity index (χ3n) is 10.3. The van der Waals surface area contributed by atoms with E-state index in [1.165, 1.54) is 48.2 Å². The molecule has 0 saturated carbocycles. The lowest BCUT2D eigenvalue weighted by Crippen LogP contribution is -2.71. The fourth-order valence-corrected chi connectivity index (χ4v) is 22.4. The molecule has 1 aliphatic heterocycles. The molecular formula is C46H38Si3. The van der Waals surface area contributed by atoms with Gasteiger partial charge in [-0.2, -0.15) is 0 Å². The van der Waals surface area contributed by atoms with Crippen LogP contribution in [0.15, 0.2) is 193 Å². The SMILES string of the molecule is C#C[Si](C)(c1ccccc1)[Si](C)(C#CC1=C(c2ccccc2)C(c2ccccc2)=C[Si]1(c1ccccc1)c1ccccc1)c1ccccc1. The summed E-state index contributed by atoms with van der Waals surface area (Å²) < 4.78 is 0. The van der Waals surface area contributed by atoms with Crippen LogP contribution in [-0.2, 0) is 0 Å². The van der Waals surface area contributed by atoms with Crippen molar-refractivity contribution in [1.82, 2.24) is 0 Å². The molecule has 0 fully saturated rings. The average molecular weight is 675 g/mol. The largest absolute Gasteiger partial charge is 0.183 e. The summed E-state index contributed by atoms with van der Waals surface area (Å²) in [5.41, 5.74) is 15.1. The van der Waals surface area contributed by atoms with Crippen LogP contribution in [0.3, 0.4) is 0 Å². The van der Waals surface area contributed by atoms with Crippen LogP contribution in [0.2, 0.25) is 13.1 Å². The van der Waals surface area contributed by atoms with Crippen molar-refractivity contribution in [1.29, 1.82) is 0 Å². The Morgan fingerprint density at radius 3 is 1.31 bits per heavy atom. The van der Waals surface area contributed by atoms with Crippen LogP contribution in [0.1, 0.15) is 11.1 Å². The Kier molecular flexibility index (Phi) is 8.91. The van der Waals surface area contributed by atoms with Crippen LogP contribution >= 0.6 is 0 Å². The first-order valence-corrected chi connectivity index (χ1v) is 24.9. The molecule has 0 amide bonds. The highest BCUT2D eigenvalue weighted by atomic mass is 29.3. The molecule has 0 bridgehead atoms. The van der Waals surface area contributed by atoms with E-state index in [-0.39, 0.29) is 0 Å².